The third kappa shape index (κ3) is 2.77. The van der Waals surface area contributed by atoms with Crippen molar-refractivity contribution in [1.29, 1.82) is 0 Å². The molecular formula is C32H22. The molecule has 0 amide bonds. The van der Waals surface area contributed by atoms with Crippen molar-refractivity contribution in [1.82, 2.24) is 0 Å². The summed E-state index contributed by atoms with van der Waals surface area (Å²) < 4.78 is 0. The van der Waals surface area contributed by atoms with E-state index in [1.54, 1.807) is 0 Å². The van der Waals surface area contributed by atoms with Crippen molar-refractivity contribution in [3.63, 3.8) is 0 Å². The summed E-state index contributed by atoms with van der Waals surface area (Å²) in [7, 11) is 0. The molecule has 0 aromatic heterocycles. The van der Waals surface area contributed by atoms with Crippen LogP contribution in [0.2, 0.25) is 0 Å². The van der Waals surface area contributed by atoms with Crippen LogP contribution in [0.3, 0.4) is 0 Å². The van der Waals surface area contributed by atoms with Crippen molar-refractivity contribution in [2.45, 2.75) is 0 Å². The minimum Gasteiger partial charge on any atom is -0.0984 e. The number of benzene rings is 6. The minimum absolute atomic E-state index is 1.11. The van der Waals surface area contributed by atoms with Crippen LogP contribution in [0.15, 0.2) is 110 Å². The van der Waals surface area contributed by atoms with Crippen molar-refractivity contribution in [2.75, 3.05) is 0 Å². The van der Waals surface area contributed by atoms with Crippen molar-refractivity contribution < 1.29 is 0 Å². The summed E-state index contributed by atoms with van der Waals surface area (Å²) in [6.45, 7) is 7.93. The van der Waals surface area contributed by atoms with E-state index < -0.39 is 0 Å². The van der Waals surface area contributed by atoms with E-state index in [-0.39, 0.29) is 0 Å². The molecule has 0 N–H and O–H groups in total. The maximum Gasteiger partial charge on any atom is -0.00264 e. The van der Waals surface area contributed by atoms with Gasteiger partial charge in [0.05, 0.1) is 0 Å². The van der Waals surface area contributed by atoms with Gasteiger partial charge >= 0.3 is 0 Å². The zero-order chi connectivity index (χ0) is 21.7. The molecule has 32 heavy (non-hydrogen) atoms. The maximum atomic E-state index is 3.98. The molecule has 0 heteroatoms. The van der Waals surface area contributed by atoms with Gasteiger partial charge in [-0.25, -0.2) is 0 Å². The molecule has 0 unspecified atom stereocenters. The van der Waals surface area contributed by atoms with E-state index in [1.807, 2.05) is 12.2 Å². The molecule has 0 saturated heterocycles. The third-order valence-corrected chi connectivity index (χ3v) is 6.54. The summed E-state index contributed by atoms with van der Waals surface area (Å²) in [4.78, 5) is 0. The molecule has 6 aromatic carbocycles. The van der Waals surface area contributed by atoms with Gasteiger partial charge in [-0.05, 0) is 89.6 Å². The van der Waals surface area contributed by atoms with E-state index in [2.05, 4.69) is 110 Å². The number of hydrogen-bond donors (Lipinski definition) is 0. The molecule has 0 nitrogen and oxygen atoms in total. The van der Waals surface area contributed by atoms with E-state index >= 15 is 0 Å². The van der Waals surface area contributed by atoms with Gasteiger partial charge in [0.25, 0.3) is 0 Å². The van der Waals surface area contributed by atoms with Gasteiger partial charge < -0.3 is 0 Å². The molecule has 0 aliphatic carbocycles. The van der Waals surface area contributed by atoms with Crippen LogP contribution in [0.25, 0.3) is 66.4 Å². The molecule has 0 atom stereocenters. The highest BCUT2D eigenvalue weighted by molar-refractivity contribution is 6.23. The van der Waals surface area contributed by atoms with E-state index in [1.165, 1.54) is 54.2 Å². The highest BCUT2D eigenvalue weighted by Crippen LogP contribution is 2.39. The van der Waals surface area contributed by atoms with Gasteiger partial charge in [0, 0.05) is 0 Å². The van der Waals surface area contributed by atoms with Gasteiger partial charge in [-0.1, -0.05) is 98.1 Å². The first-order valence-electron chi connectivity index (χ1n) is 10.9. The minimum atomic E-state index is 1.11. The third-order valence-electron chi connectivity index (χ3n) is 6.54. The normalized spacial score (nSPS) is 11.4. The standard InChI is InChI=1S/C32H22/c1-3-21-17-24-14-15-25(19-27(24)18-22(21)4-2)31-20-26-16-13-23-9-5-6-10-28(23)32(26)30-12-8-7-11-29(30)31/h3-20H,1-2H2. The highest BCUT2D eigenvalue weighted by atomic mass is 14.1. The van der Waals surface area contributed by atoms with Crippen LogP contribution >= 0.6 is 0 Å². The largest absolute Gasteiger partial charge is 0.0984 e. The molecule has 0 bridgehead atoms. The van der Waals surface area contributed by atoms with Crippen LogP contribution in [-0.4, -0.2) is 0 Å². The van der Waals surface area contributed by atoms with Gasteiger partial charge in [-0.3, -0.25) is 0 Å². The first kappa shape index (κ1) is 18.6. The Labute approximate surface area is 187 Å². The van der Waals surface area contributed by atoms with Crippen LogP contribution < -0.4 is 0 Å². The lowest BCUT2D eigenvalue weighted by Crippen LogP contribution is -1.87. The quantitative estimate of drug-likeness (QED) is 0.257. The fraction of sp³-hybridized carbons (Fsp3) is 0. The molecule has 6 aromatic rings. The Kier molecular flexibility index (Phi) is 4.19. The van der Waals surface area contributed by atoms with Crippen LogP contribution in [0.1, 0.15) is 11.1 Å². The lowest BCUT2D eigenvalue weighted by molar-refractivity contribution is 1.65. The predicted octanol–water partition coefficient (Wildman–Crippen LogP) is 9.25. The SMILES string of the molecule is C=Cc1cc2ccc(-c3cc4ccc5ccccc5c4c4ccccc34)cc2cc1C=C. The van der Waals surface area contributed by atoms with Gasteiger partial charge in [0.15, 0.2) is 0 Å². The van der Waals surface area contributed by atoms with Crippen molar-refractivity contribution >= 4 is 55.2 Å². The first-order chi connectivity index (χ1) is 15.8. The Morgan fingerprint density at radius 2 is 1.09 bits per heavy atom. The summed E-state index contributed by atoms with van der Waals surface area (Å²) in [5, 5.41) is 10.2. The fourth-order valence-electron chi connectivity index (χ4n) is 4.97. The van der Waals surface area contributed by atoms with E-state index in [4.69, 9.17) is 0 Å². The molecule has 0 aliphatic rings. The van der Waals surface area contributed by atoms with E-state index in [0.29, 0.717) is 0 Å². The second-order valence-corrected chi connectivity index (χ2v) is 8.31. The smallest absolute Gasteiger partial charge is 0.00264 e. The highest BCUT2D eigenvalue weighted by Gasteiger charge is 2.11. The van der Waals surface area contributed by atoms with Crippen LogP contribution in [0, 0.1) is 0 Å². The second kappa shape index (κ2) is 7.21. The fourth-order valence-corrected chi connectivity index (χ4v) is 4.97. The Morgan fingerprint density at radius 3 is 1.88 bits per heavy atom. The zero-order valence-electron chi connectivity index (χ0n) is 17.8. The Bertz CT molecular complexity index is 1700. The summed E-state index contributed by atoms with van der Waals surface area (Å²) in [5.41, 5.74) is 4.71. The predicted molar refractivity (Wildman–Crippen MR) is 142 cm³/mol. The maximum absolute atomic E-state index is 3.98. The van der Waals surface area contributed by atoms with Crippen LogP contribution in [-0.2, 0) is 0 Å². The zero-order valence-corrected chi connectivity index (χ0v) is 17.8. The molecule has 0 aliphatic heterocycles. The van der Waals surface area contributed by atoms with Crippen molar-refractivity contribution in [3.05, 3.63) is 121 Å². The lowest BCUT2D eigenvalue weighted by Gasteiger charge is -2.14. The van der Waals surface area contributed by atoms with Crippen LogP contribution in [0.5, 0.6) is 0 Å². The van der Waals surface area contributed by atoms with Gasteiger partial charge in [0.1, 0.15) is 0 Å². The molecule has 0 heterocycles. The molecule has 6 rings (SSSR count). The Balaban J connectivity index is 1.68. The molecule has 0 saturated carbocycles. The molecule has 0 radical (unpaired) electrons. The van der Waals surface area contributed by atoms with E-state index in [9.17, 15) is 0 Å². The van der Waals surface area contributed by atoms with Crippen molar-refractivity contribution in [2.24, 2.45) is 0 Å². The van der Waals surface area contributed by atoms with Gasteiger partial charge in [-0.15, -0.1) is 0 Å². The summed E-state index contributed by atoms with van der Waals surface area (Å²) >= 11 is 0. The number of fused-ring (bicyclic) bond motifs is 6. The Morgan fingerprint density at radius 1 is 0.469 bits per heavy atom. The lowest BCUT2D eigenvalue weighted by atomic mass is 9.90. The second-order valence-electron chi connectivity index (χ2n) is 8.31. The Hall–Kier alpha value is -4.16. The summed E-state index contributed by atoms with van der Waals surface area (Å²) in [6.07, 6.45) is 3.80. The molecule has 0 spiro atoms. The van der Waals surface area contributed by atoms with Crippen LogP contribution in [0.4, 0.5) is 0 Å². The average molecular weight is 407 g/mol. The average Bonchev–Trinajstić information content (AvgIpc) is 2.86. The molecule has 150 valence electrons. The first-order valence-corrected chi connectivity index (χ1v) is 10.9. The molecular weight excluding hydrogens is 384 g/mol. The van der Waals surface area contributed by atoms with Gasteiger partial charge in [-0.2, -0.15) is 0 Å². The summed E-state index contributed by atoms with van der Waals surface area (Å²) in [5.74, 6) is 0. The van der Waals surface area contributed by atoms with Gasteiger partial charge in [0.2, 0.25) is 0 Å². The van der Waals surface area contributed by atoms with E-state index in [0.717, 1.165) is 11.1 Å². The summed E-state index contributed by atoms with van der Waals surface area (Å²) in [6, 6.07) is 35.4. The van der Waals surface area contributed by atoms with Crippen molar-refractivity contribution in [3.8, 4) is 11.1 Å². The monoisotopic (exact) mass is 406 g/mol. The topological polar surface area (TPSA) is 0 Å². The molecule has 0 fully saturated rings. The number of rotatable bonds is 3. The number of hydrogen-bond acceptors (Lipinski definition) is 0.